The summed E-state index contributed by atoms with van der Waals surface area (Å²) in [6.07, 6.45) is 5.86. The normalized spacial score (nSPS) is 17.3. The summed E-state index contributed by atoms with van der Waals surface area (Å²) in [5, 5.41) is 12.9. The molecule has 0 aromatic carbocycles. The Balaban J connectivity index is 0.000000929. The second-order valence-corrected chi connectivity index (χ2v) is 10.00. The molecule has 0 bridgehead atoms. The molecule has 0 aromatic heterocycles. The summed E-state index contributed by atoms with van der Waals surface area (Å²) < 4.78 is 0. The number of rotatable bonds is 5. The van der Waals surface area contributed by atoms with Gasteiger partial charge in [-0.05, 0) is 42.0 Å². The summed E-state index contributed by atoms with van der Waals surface area (Å²) in [6, 6.07) is 0. The minimum Gasteiger partial charge on any atom is -0.336 e. The molecule has 252 valence electrons. The van der Waals surface area contributed by atoms with Gasteiger partial charge >= 0.3 is 0 Å². The first kappa shape index (κ1) is 41.4. The summed E-state index contributed by atoms with van der Waals surface area (Å²) >= 11 is 4.71. The third-order valence-corrected chi connectivity index (χ3v) is 6.73. The lowest BCUT2D eigenvalue weighted by Crippen LogP contribution is -2.49. The molecule has 2 aliphatic rings. The Morgan fingerprint density at radius 3 is 0.667 bits per heavy atom. The third-order valence-electron chi connectivity index (χ3n) is 6.58. The molecule has 14 heteroatoms. The molecule has 2 saturated heterocycles. The van der Waals surface area contributed by atoms with E-state index in [9.17, 15) is 24.0 Å². The van der Waals surface area contributed by atoms with Gasteiger partial charge in [0.05, 0.1) is 0 Å². The molecule has 2 aliphatic heterocycles. The lowest BCUT2D eigenvalue weighted by Gasteiger charge is -2.33. The minimum absolute atomic E-state index is 0.274. The Hall–Kier alpha value is -3.62. The van der Waals surface area contributed by atoms with Crippen LogP contribution in [0.4, 0.5) is 0 Å². The predicted octanol–water partition coefficient (Wildman–Crippen LogP) is -0.645. The van der Waals surface area contributed by atoms with Gasteiger partial charge in [-0.1, -0.05) is 32.9 Å². The second-order valence-electron chi connectivity index (χ2n) is 9.63. The molecule has 0 saturated carbocycles. The number of carbonyl (C=O) groups excluding carboxylic acids is 5. The number of hydrogen-bond acceptors (Lipinski definition) is 9. The van der Waals surface area contributed by atoms with E-state index in [1.54, 1.807) is 0 Å². The molecule has 45 heavy (non-hydrogen) atoms. The molecular weight excluding hydrogens is 600 g/mol. The molecule has 0 aliphatic carbocycles. The van der Waals surface area contributed by atoms with Crippen molar-refractivity contribution in [3.05, 3.63) is 63.3 Å². The van der Waals surface area contributed by atoms with E-state index in [2.05, 4.69) is 54.2 Å². The van der Waals surface area contributed by atoms with Crippen molar-refractivity contribution in [2.24, 2.45) is 0 Å². The van der Waals surface area contributed by atoms with Gasteiger partial charge in [0.2, 0.25) is 28.9 Å². The van der Waals surface area contributed by atoms with Crippen LogP contribution in [0.1, 0.15) is 0 Å². The van der Waals surface area contributed by atoms with Crippen LogP contribution in [0.5, 0.6) is 0 Å². The maximum absolute atomic E-state index is 12.2. The first-order valence-corrected chi connectivity index (χ1v) is 15.3. The highest BCUT2D eigenvalue weighted by molar-refractivity contribution is 6.66. The van der Waals surface area contributed by atoms with Crippen molar-refractivity contribution in [2.75, 3.05) is 105 Å². The zero-order chi connectivity index (χ0) is 33.9. The maximum Gasteiger partial charge on any atom is 0.246 e. The van der Waals surface area contributed by atoms with Crippen molar-refractivity contribution < 1.29 is 24.0 Å². The van der Waals surface area contributed by atoms with Crippen LogP contribution in [0.25, 0.3) is 0 Å². The highest BCUT2D eigenvalue weighted by atomic mass is 35.5. The van der Waals surface area contributed by atoms with Crippen molar-refractivity contribution >= 4 is 40.5 Å². The van der Waals surface area contributed by atoms with E-state index < -0.39 is 5.24 Å². The molecule has 0 atom stereocenters. The van der Waals surface area contributed by atoms with Gasteiger partial charge in [-0.2, -0.15) is 0 Å². The first-order chi connectivity index (χ1) is 21.6. The Bertz CT molecular complexity index is 822. The highest BCUT2D eigenvalue weighted by Gasteiger charge is 2.22. The SMILES string of the molecule is C1CNCCNCCNCCN1.C=CC(=O)Cl.C=CC(=O)N1CCN(C(=O)C=C)CCN(C(=O)C=C)CCN(C(=O)C=C)CC1. The van der Waals surface area contributed by atoms with Crippen molar-refractivity contribution in [1.29, 1.82) is 0 Å². The quantitative estimate of drug-likeness (QED) is 0.225. The smallest absolute Gasteiger partial charge is 0.246 e. The number of amides is 4. The zero-order valence-electron chi connectivity index (χ0n) is 26.4. The van der Waals surface area contributed by atoms with Gasteiger partial charge in [-0.25, -0.2) is 0 Å². The van der Waals surface area contributed by atoms with E-state index in [1.807, 2.05) is 0 Å². The Morgan fingerprint density at radius 1 is 0.400 bits per heavy atom. The van der Waals surface area contributed by atoms with Crippen LogP contribution in [0.2, 0.25) is 0 Å². The summed E-state index contributed by atoms with van der Waals surface area (Å²) in [4.78, 5) is 64.2. The van der Waals surface area contributed by atoms with E-state index in [4.69, 9.17) is 11.6 Å². The lowest BCUT2D eigenvalue weighted by molar-refractivity contribution is -0.134. The highest BCUT2D eigenvalue weighted by Crippen LogP contribution is 2.04. The Labute approximate surface area is 273 Å². The number of nitrogens with one attached hydrogen (secondary N) is 4. The lowest BCUT2D eigenvalue weighted by atomic mass is 10.3. The zero-order valence-corrected chi connectivity index (χ0v) is 27.2. The summed E-state index contributed by atoms with van der Waals surface area (Å²) in [5.74, 6) is -1.12. The van der Waals surface area contributed by atoms with E-state index in [0.717, 1.165) is 58.4 Å². The molecule has 0 unspecified atom stereocenters. The molecule has 0 aromatic rings. The summed E-state index contributed by atoms with van der Waals surface area (Å²) in [5.41, 5.74) is 0. The maximum atomic E-state index is 12.2. The standard InChI is InChI=1S/C20H28N4O4.C8H20N4.C3H3ClO/c1-5-17(25)21-9-11-22(18(26)6-2)13-15-24(20(28)8-4)16-14-23(12-10-21)19(27)7-3;1-2-10-5-6-12-8-7-11-4-3-9-1;1-2-3(4)5/h5-8H,1-4,9-16H2;9-12H,1-8H2;2H,1H2. The molecule has 0 spiro atoms. The Morgan fingerprint density at radius 2 is 0.556 bits per heavy atom. The average Bonchev–Trinajstić information content (AvgIpc) is 3.04. The van der Waals surface area contributed by atoms with E-state index in [-0.39, 0.29) is 76.0 Å². The van der Waals surface area contributed by atoms with Gasteiger partial charge in [0.1, 0.15) is 0 Å². The summed E-state index contributed by atoms with van der Waals surface area (Å²) in [6.45, 7) is 27.9. The van der Waals surface area contributed by atoms with Crippen molar-refractivity contribution in [2.45, 2.75) is 0 Å². The topological polar surface area (TPSA) is 146 Å². The van der Waals surface area contributed by atoms with Crippen LogP contribution in [-0.2, 0) is 24.0 Å². The molecule has 2 rings (SSSR count). The van der Waals surface area contributed by atoms with E-state index >= 15 is 0 Å². The monoisotopic (exact) mass is 650 g/mol. The average molecular weight is 651 g/mol. The largest absolute Gasteiger partial charge is 0.336 e. The second kappa shape index (κ2) is 26.8. The van der Waals surface area contributed by atoms with Crippen molar-refractivity contribution in [3.63, 3.8) is 0 Å². The number of nitrogens with zero attached hydrogens (tertiary/aromatic N) is 4. The van der Waals surface area contributed by atoms with Crippen LogP contribution in [0, 0.1) is 0 Å². The van der Waals surface area contributed by atoms with Crippen molar-refractivity contribution in [1.82, 2.24) is 40.9 Å². The fourth-order valence-corrected chi connectivity index (χ4v) is 4.02. The molecular formula is C31H51ClN8O5. The van der Waals surface area contributed by atoms with Crippen molar-refractivity contribution in [3.8, 4) is 0 Å². The summed E-state index contributed by atoms with van der Waals surface area (Å²) in [7, 11) is 0. The van der Waals surface area contributed by atoms with Crippen LogP contribution < -0.4 is 21.3 Å². The van der Waals surface area contributed by atoms with E-state index in [1.165, 1.54) is 43.9 Å². The molecule has 4 N–H and O–H groups in total. The molecule has 0 radical (unpaired) electrons. The van der Waals surface area contributed by atoms with Gasteiger partial charge < -0.3 is 40.9 Å². The minimum atomic E-state index is -0.509. The van der Waals surface area contributed by atoms with Crippen LogP contribution >= 0.6 is 11.6 Å². The fraction of sp³-hybridized carbons (Fsp3) is 0.516. The molecule has 13 nitrogen and oxygen atoms in total. The molecule has 2 heterocycles. The van der Waals surface area contributed by atoms with Crippen LogP contribution in [-0.4, -0.2) is 153 Å². The Kier molecular flexibility index (Phi) is 24.6. The van der Waals surface area contributed by atoms with Crippen LogP contribution in [0.15, 0.2) is 63.3 Å². The van der Waals surface area contributed by atoms with Gasteiger partial charge in [0, 0.05) is 105 Å². The van der Waals surface area contributed by atoms with Gasteiger partial charge in [0.15, 0.2) is 0 Å². The van der Waals surface area contributed by atoms with Crippen LogP contribution in [0.3, 0.4) is 0 Å². The van der Waals surface area contributed by atoms with Gasteiger partial charge in [-0.3, -0.25) is 24.0 Å². The van der Waals surface area contributed by atoms with Gasteiger partial charge in [-0.15, -0.1) is 0 Å². The first-order valence-electron chi connectivity index (χ1n) is 14.9. The number of hydrogen-bond donors (Lipinski definition) is 4. The predicted molar refractivity (Wildman–Crippen MR) is 180 cm³/mol. The third kappa shape index (κ3) is 20.1. The number of allylic oxidation sites excluding steroid dienone is 1. The van der Waals surface area contributed by atoms with Gasteiger partial charge in [0.25, 0.3) is 0 Å². The van der Waals surface area contributed by atoms with E-state index in [0.29, 0.717) is 0 Å². The number of carbonyl (C=O) groups is 5. The molecule has 2 fully saturated rings. The number of halogens is 1. The fourth-order valence-electron chi connectivity index (χ4n) is 4.02. The molecule has 4 amide bonds.